The Labute approximate surface area is 90.5 Å². The van der Waals surface area contributed by atoms with Gasteiger partial charge in [-0.1, -0.05) is 5.16 Å². The molecule has 0 radical (unpaired) electrons. The van der Waals surface area contributed by atoms with Crippen LogP contribution >= 0.6 is 0 Å². The van der Waals surface area contributed by atoms with Crippen molar-refractivity contribution in [2.75, 3.05) is 7.11 Å². The summed E-state index contributed by atoms with van der Waals surface area (Å²) in [4.78, 5) is 14.7. The lowest BCUT2D eigenvalue weighted by atomic mass is 10.2. The topological polar surface area (TPSA) is 85.5 Å². The van der Waals surface area contributed by atoms with Gasteiger partial charge in [0.05, 0.1) is 7.11 Å². The minimum Gasteiger partial charge on any atom is -0.494 e. The van der Waals surface area contributed by atoms with Crippen molar-refractivity contribution in [3.05, 3.63) is 30.2 Å². The highest BCUT2D eigenvalue weighted by Gasteiger charge is 2.15. The molecule has 0 amide bonds. The minimum absolute atomic E-state index is 0.234. The van der Waals surface area contributed by atoms with Crippen LogP contribution < -0.4 is 4.74 Å². The highest BCUT2D eigenvalue weighted by molar-refractivity contribution is 5.85. The Morgan fingerprint density at radius 3 is 3.00 bits per heavy atom. The zero-order chi connectivity index (χ0) is 11.5. The molecule has 2 aromatic heterocycles. The Hall–Kier alpha value is -2.37. The van der Waals surface area contributed by atoms with E-state index in [-0.39, 0.29) is 5.76 Å². The zero-order valence-corrected chi connectivity index (χ0v) is 8.38. The molecular formula is C10H8N2O4. The Balaban J connectivity index is 2.46. The van der Waals surface area contributed by atoms with Crippen molar-refractivity contribution in [1.29, 1.82) is 0 Å². The van der Waals surface area contributed by atoms with Gasteiger partial charge in [0.15, 0.2) is 0 Å². The lowest BCUT2D eigenvalue weighted by Crippen LogP contribution is -1.92. The summed E-state index contributed by atoms with van der Waals surface area (Å²) < 4.78 is 9.71. The Bertz CT molecular complexity index is 521. The van der Waals surface area contributed by atoms with Crippen molar-refractivity contribution in [2.45, 2.75) is 0 Å². The monoisotopic (exact) mass is 220 g/mol. The van der Waals surface area contributed by atoms with E-state index in [1.807, 2.05) is 0 Å². The molecule has 2 rings (SSSR count). The molecule has 1 N–H and O–H groups in total. The number of rotatable bonds is 3. The molecule has 16 heavy (non-hydrogen) atoms. The zero-order valence-electron chi connectivity index (χ0n) is 8.38. The van der Waals surface area contributed by atoms with E-state index in [0.29, 0.717) is 17.1 Å². The predicted molar refractivity (Wildman–Crippen MR) is 53.2 cm³/mol. The summed E-state index contributed by atoms with van der Waals surface area (Å²) in [5, 5.41) is 12.3. The summed E-state index contributed by atoms with van der Waals surface area (Å²) >= 11 is 0. The molecular weight excluding hydrogens is 212 g/mol. The van der Waals surface area contributed by atoms with Crippen molar-refractivity contribution in [3.8, 4) is 17.1 Å². The fourth-order valence-electron chi connectivity index (χ4n) is 1.24. The number of carbonyl (C=O) groups is 1. The van der Waals surface area contributed by atoms with E-state index in [1.165, 1.54) is 13.2 Å². The standard InChI is InChI=1S/C10H8N2O4/c1-15-7-3-2-4-11-9(7)6-5-8(10(13)14)16-12-6/h2-5H,1H3,(H,13,14). The number of methoxy groups -OCH3 is 1. The summed E-state index contributed by atoms with van der Waals surface area (Å²) in [6, 6.07) is 4.71. The van der Waals surface area contributed by atoms with E-state index in [4.69, 9.17) is 9.84 Å². The van der Waals surface area contributed by atoms with Crippen molar-refractivity contribution < 1.29 is 19.2 Å². The summed E-state index contributed by atoms with van der Waals surface area (Å²) in [6.07, 6.45) is 1.56. The SMILES string of the molecule is COc1cccnc1-c1cc(C(=O)O)on1. The van der Waals surface area contributed by atoms with Gasteiger partial charge in [-0.05, 0) is 12.1 Å². The molecule has 0 saturated carbocycles. The molecule has 2 aromatic rings. The van der Waals surface area contributed by atoms with E-state index in [0.717, 1.165) is 0 Å². The molecule has 0 saturated heterocycles. The lowest BCUT2D eigenvalue weighted by molar-refractivity contribution is 0.0652. The second kappa shape index (κ2) is 4.01. The van der Waals surface area contributed by atoms with Gasteiger partial charge in [-0.3, -0.25) is 4.98 Å². The van der Waals surface area contributed by atoms with E-state index >= 15 is 0 Å². The number of aromatic carboxylic acids is 1. The van der Waals surface area contributed by atoms with Crippen LogP contribution in [0, 0.1) is 0 Å². The fraction of sp³-hybridized carbons (Fsp3) is 0.100. The maximum Gasteiger partial charge on any atom is 0.374 e. The normalized spacial score (nSPS) is 10.1. The number of aromatic nitrogens is 2. The molecule has 2 heterocycles. The molecule has 0 aliphatic carbocycles. The Kier molecular flexibility index (Phi) is 2.55. The van der Waals surface area contributed by atoms with Crippen molar-refractivity contribution in [1.82, 2.24) is 10.1 Å². The first-order chi connectivity index (χ1) is 7.72. The van der Waals surface area contributed by atoms with Gasteiger partial charge in [0, 0.05) is 12.3 Å². The van der Waals surface area contributed by atoms with Crippen molar-refractivity contribution in [2.24, 2.45) is 0 Å². The van der Waals surface area contributed by atoms with Crippen LogP contribution in [0.5, 0.6) is 5.75 Å². The van der Waals surface area contributed by atoms with Crippen LogP contribution in [-0.2, 0) is 0 Å². The quantitative estimate of drug-likeness (QED) is 0.842. The molecule has 0 aromatic carbocycles. The molecule has 6 heteroatoms. The van der Waals surface area contributed by atoms with Crippen LogP contribution in [-0.4, -0.2) is 28.3 Å². The minimum atomic E-state index is -1.17. The molecule has 6 nitrogen and oxygen atoms in total. The second-order valence-electron chi connectivity index (χ2n) is 2.94. The molecule has 0 aliphatic heterocycles. The van der Waals surface area contributed by atoms with Crippen LogP contribution in [0.3, 0.4) is 0 Å². The van der Waals surface area contributed by atoms with E-state index < -0.39 is 5.97 Å². The highest BCUT2D eigenvalue weighted by atomic mass is 16.5. The maximum atomic E-state index is 10.6. The lowest BCUT2D eigenvalue weighted by Gasteiger charge is -2.02. The number of hydrogen-bond donors (Lipinski definition) is 1. The number of pyridine rings is 1. The number of carboxylic acid groups (broad SMARTS) is 1. The first kappa shape index (κ1) is 10.2. The fourth-order valence-corrected chi connectivity index (χ4v) is 1.24. The van der Waals surface area contributed by atoms with Crippen molar-refractivity contribution >= 4 is 5.97 Å². The number of carboxylic acids is 1. The van der Waals surface area contributed by atoms with Gasteiger partial charge >= 0.3 is 5.97 Å². The summed E-state index contributed by atoms with van der Waals surface area (Å²) in [7, 11) is 1.50. The third kappa shape index (κ3) is 1.72. The van der Waals surface area contributed by atoms with Gasteiger partial charge in [-0.15, -0.1) is 0 Å². The first-order valence-corrected chi connectivity index (χ1v) is 4.41. The number of ether oxygens (including phenoxy) is 1. The third-order valence-corrected chi connectivity index (χ3v) is 1.95. The maximum absolute atomic E-state index is 10.6. The van der Waals surface area contributed by atoms with Crippen LogP contribution in [0.25, 0.3) is 11.4 Å². The van der Waals surface area contributed by atoms with Crippen LogP contribution in [0.2, 0.25) is 0 Å². The van der Waals surface area contributed by atoms with Gasteiger partial charge in [0.2, 0.25) is 5.76 Å². The van der Waals surface area contributed by atoms with Gasteiger partial charge < -0.3 is 14.4 Å². The average molecular weight is 220 g/mol. The average Bonchev–Trinajstić information content (AvgIpc) is 2.78. The highest BCUT2D eigenvalue weighted by Crippen LogP contribution is 2.26. The van der Waals surface area contributed by atoms with E-state index in [9.17, 15) is 4.79 Å². The molecule has 0 spiro atoms. The summed E-state index contributed by atoms with van der Waals surface area (Å²) in [5.74, 6) is -0.899. The third-order valence-electron chi connectivity index (χ3n) is 1.95. The molecule has 0 bridgehead atoms. The predicted octanol–water partition coefficient (Wildman–Crippen LogP) is 1.44. The van der Waals surface area contributed by atoms with Crippen molar-refractivity contribution in [3.63, 3.8) is 0 Å². The molecule has 82 valence electrons. The van der Waals surface area contributed by atoms with Crippen LogP contribution in [0.1, 0.15) is 10.6 Å². The smallest absolute Gasteiger partial charge is 0.374 e. The Morgan fingerprint density at radius 1 is 1.56 bits per heavy atom. The van der Waals surface area contributed by atoms with Crippen LogP contribution in [0.4, 0.5) is 0 Å². The molecule has 0 fully saturated rings. The molecule has 0 atom stereocenters. The van der Waals surface area contributed by atoms with E-state index in [2.05, 4.69) is 14.7 Å². The summed E-state index contributed by atoms with van der Waals surface area (Å²) in [6.45, 7) is 0. The Morgan fingerprint density at radius 2 is 2.38 bits per heavy atom. The summed E-state index contributed by atoms with van der Waals surface area (Å²) in [5.41, 5.74) is 0.774. The van der Waals surface area contributed by atoms with E-state index in [1.54, 1.807) is 18.3 Å². The first-order valence-electron chi connectivity index (χ1n) is 4.41. The number of hydrogen-bond acceptors (Lipinski definition) is 5. The largest absolute Gasteiger partial charge is 0.494 e. The van der Waals surface area contributed by atoms with Gasteiger partial charge in [-0.2, -0.15) is 0 Å². The van der Waals surface area contributed by atoms with Gasteiger partial charge in [-0.25, -0.2) is 4.79 Å². The molecule has 0 unspecified atom stereocenters. The van der Waals surface area contributed by atoms with Gasteiger partial charge in [0.25, 0.3) is 0 Å². The van der Waals surface area contributed by atoms with Crippen LogP contribution in [0.15, 0.2) is 28.9 Å². The van der Waals surface area contributed by atoms with Gasteiger partial charge in [0.1, 0.15) is 17.1 Å². The number of nitrogens with zero attached hydrogens (tertiary/aromatic N) is 2. The second-order valence-corrected chi connectivity index (χ2v) is 2.94. The molecule has 0 aliphatic rings.